The minimum atomic E-state index is 0.171. The first kappa shape index (κ1) is 14.4. The summed E-state index contributed by atoms with van der Waals surface area (Å²) >= 11 is 11.8. The minimum Gasteiger partial charge on any atom is -0.383 e. The molecule has 0 bridgehead atoms. The van der Waals surface area contributed by atoms with Gasteiger partial charge in [-0.25, -0.2) is 4.98 Å². The van der Waals surface area contributed by atoms with Gasteiger partial charge in [-0.15, -0.1) is 0 Å². The predicted octanol–water partition coefficient (Wildman–Crippen LogP) is 1.88. The first-order valence-corrected chi connectivity index (χ1v) is 5.85. The Kier molecular flexibility index (Phi) is 6.50. The molecule has 0 unspecified atom stereocenters. The smallest absolute Gasteiger partial charge is 0.224 e. The highest BCUT2D eigenvalue weighted by Crippen LogP contribution is 2.23. The molecule has 0 aliphatic rings. The normalized spacial score (nSPS) is 10.6. The molecule has 1 aromatic rings. The Morgan fingerprint density at radius 3 is 2.29 bits per heavy atom. The summed E-state index contributed by atoms with van der Waals surface area (Å²) in [7, 11) is 3.28. The third-order valence-electron chi connectivity index (χ3n) is 2.13. The number of ether oxygens (including phenoxy) is 2. The summed E-state index contributed by atoms with van der Waals surface area (Å²) in [5, 5.41) is 0.630. The quantitative estimate of drug-likeness (QED) is 0.714. The molecule has 0 radical (unpaired) electrons. The van der Waals surface area contributed by atoms with Crippen LogP contribution in [-0.2, 0) is 9.47 Å². The molecule has 5 nitrogen and oxygen atoms in total. The topological polar surface area (TPSA) is 47.5 Å². The molecule has 0 aliphatic carbocycles. The molecule has 0 saturated heterocycles. The minimum absolute atomic E-state index is 0.171. The summed E-state index contributed by atoms with van der Waals surface area (Å²) in [5.41, 5.74) is 0. The van der Waals surface area contributed by atoms with Crippen LogP contribution in [0.15, 0.2) is 6.20 Å². The van der Waals surface area contributed by atoms with Gasteiger partial charge in [-0.05, 0) is 11.6 Å². The number of anilines is 1. The zero-order valence-corrected chi connectivity index (χ0v) is 11.3. The van der Waals surface area contributed by atoms with Gasteiger partial charge in [0, 0.05) is 27.3 Å². The van der Waals surface area contributed by atoms with Gasteiger partial charge in [0.15, 0.2) is 5.82 Å². The third-order valence-corrected chi connectivity index (χ3v) is 2.58. The molecular weight excluding hydrogens is 265 g/mol. The molecule has 0 saturated carbocycles. The van der Waals surface area contributed by atoms with Crippen LogP contribution < -0.4 is 4.90 Å². The molecule has 0 spiro atoms. The van der Waals surface area contributed by atoms with Crippen LogP contribution >= 0.6 is 23.2 Å². The summed E-state index contributed by atoms with van der Waals surface area (Å²) in [4.78, 5) is 9.88. The highest BCUT2D eigenvalue weighted by Gasteiger charge is 2.13. The van der Waals surface area contributed by atoms with Gasteiger partial charge in [0.05, 0.1) is 19.4 Å². The summed E-state index contributed by atoms with van der Waals surface area (Å²) in [6.45, 7) is 2.46. The van der Waals surface area contributed by atoms with E-state index in [0.29, 0.717) is 37.1 Å². The molecule has 1 aromatic heterocycles. The second kappa shape index (κ2) is 7.66. The van der Waals surface area contributed by atoms with Crippen LogP contribution in [0.4, 0.5) is 5.82 Å². The van der Waals surface area contributed by atoms with Gasteiger partial charge in [-0.1, -0.05) is 11.6 Å². The van der Waals surface area contributed by atoms with Crippen LogP contribution in [-0.4, -0.2) is 50.5 Å². The SMILES string of the molecule is COCCN(CCOC)c1nc(Cl)ncc1Cl. The third kappa shape index (κ3) is 4.63. The zero-order chi connectivity index (χ0) is 12.7. The predicted molar refractivity (Wildman–Crippen MR) is 68.0 cm³/mol. The average Bonchev–Trinajstić information content (AvgIpc) is 2.33. The first-order valence-electron chi connectivity index (χ1n) is 5.10. The Morgan fingerprint density at radius 2 is 1.76 bits per heavy atom. The number of aromatic nitrogens is 2. The van der Waals surface area contributed by atoms with Gasteiger partial charge in [-0.3, -0.25) is 0 Å². The van der Waals surface area contributed by atoms with E-state index in [1.807, 2.05) is 4.90 Å². The molecule has 0 aromatic carbocycles. The lowest BCUT2D eigenvalue weighted by molar-refractivity contribution is 0.190. The molecule has 17 heavy (non-hydrogen) atoms. The van der Waals surface area contributed by atoms with Crippen molar-refractivity contribution in [2.75, 3.05) is 45.4 Å². The van der Waals surface area contributed by atoms with Gasteiger partial charge in [0.25, 0.3) is 0 Å². The van der Waals surface area contributed by atoms with Gasteiger partial charge in [-0.2, -0.15) is 4.98 Å². The van der Waals surface area contributed by atoms with E-state index < -0.39 is 0 Å². The highest BCUT2D eigenvalue weighted by atomic mass is 35.5. The summed E-state index contributed by atoms with van der Waals surface area (Å²) in [5.74, 6) is 0.598. The van der Waals surface area contributed by atoms with Crippen molar-refractivity contribution in [2.24, 2.45) is 0 Å². The Morgan fingerprint density at radius 1 is 1.18 bits per heavy atom. The van der Waals surface area contributed by atoms with E-state index in [2.05, 4.69) is 9.97 Å². The van der Waals surface area contributed by atoms with E-state index in [0.717, 1.165) is 0 Å². The molecule has 0 atom stereocenters. The van der Waals surface area contributed by atoms with Crippen molar-refractivity contribution in [2.45, 2.75) is 0 Å². The fraction of sp³-hybridized carbons (Fsp3) is 0.600. The van der Waals surface area contributed by atoms with Crippen LogP contribution in [0.2, 0.25) is 10.3 Å². The monoisotopic (exact) mass is 279 g/mol. The van der Waals surface area contributed by atoms with E-state index >= 15 is 0 Å². The van der Waals surface area contributed by atoms with Crippen molar-refractivity contribution in [3.63, 3.8) is 0 Å². The highest BCUT2D eigenvalue weighted by molar-refractivity contribution is 6.33. The van der Waals surface area contributed by atoms with Crippen molar-refractivity contribution in [3.05, 3.63) is 16.5 Å². The molecule has 1 rings (SSSR count). The van der Waals surface area contributed by atoms with Crippen LogP contribution in [0.1, 0.15) is 0 Å². The van der Waals surface area contributed by atoms with E-state index in [-0.39, 0.29) is 5.28 Å². The number of hydrogen-bond acceptors (Lipinski definition) is 5. The largest absolute Gasteiger partial charge is 0.383 e. The van der Waals surface area contributed by atoms with Crippen LogP contribution in [0.25, 0.3) is 0 Å². The van der Waals surface area contributed by atoms with Crippen molar-refractivity contribution in [1.82, 2.24) is 9.97 Å². The fourth-order valence-electron chi connectivity index (χ4n) is 1.29. The molecule has 1 heterocycles. The van der Waals surface area contributed by atoms with E-state index in [1.165, 1.54) is 6.20 Å². The first-order chi connectivity index (χ1) is 8.19. The number of halogens is 2. The number of rotatable bonds is 7. The Hall–Kier alpha value is -0.620. The van der Waals surface area contributed by atoms with Gasteiger partial charge < -0.3 is 14.4 Å². The van der Waals surface area contributed by atoms with Crippen LogP contribution in [0.3, 0.4) is 0 Å². The second-order valence-electron chi connectivity index (χ2n) is 3.28. The molecule has 0 fully saturated rings. The lowest BCUT2D eigenvalue weighted by Gasteiger charge is -2.23. The van der Waals surface area contributed by atoms with Crippen molar-refractivity contribution < 1.29 is 9.47 Å². The van der Waals surface area contributed by atoms with Crippen molar-refractivity contribution in [1.29, 1.82) is 0 Å². The maximum absolute atomic E-state index is 6.04. The molecule has 96 valence electrons. The van der Waals surface area contributed by atoms with Gasteiger partial charge in [0.2, 0.25) is 5.28 Å². The Labute approximate surface area is 111 Å². The van der Waals surface area contributed by atoms with Crippen molar-refractivity contribution in [3.8, 4) is 0 Å². The lowest BCUT2D eigenvalue weighted by Crippen LogP contribution is -2.31. The fourth-order valence-corrected chi connectivity index (χ4v) is 1.63. The zero-order valence-electron chi connectivity index (χ0n) is 9.82. The summed E-state index contributed by atoms with van der Waals surface area (Å²) in [6, 6.07) is 0. The van der Waals surface area contributed by atoms with E-state index in [9.17, 15) is 0 Å². The van der Waals surface area contributed by atoms with E-state index in [4.69, 9.17) is 32.7 Å². The second-order valence-corrected chi connectivity index (χ2v) is 4.03. The molecule has 0 amide bonds. The Balaban J connectivity index is 2.82. The summed E-state index contributed by atoms with van der Waals surface area (Å²) in [6.07, 6.45) is 1.48. The molecule has 0 N–H and O–H groups in total. The van der Waals surface area contributed by atoms with Crippen molar-refractivity contribution >= 4 is 29.0 Å². The van der Waals surface area contributed by atoms with Crippen LogP contribution in [0, 0.1) is 0 Å². The number of hydrogen-bond donors (Lipinski definition) is 0. The summed E-state index contributed by atoms with van der Waals surface area (Å²) < 4.78 is 10.1. The maximum atomic E-state index is 6.04. The molecule has 0 aliphatic heterocycles. The standard InChI is InChI=1S/C10H15Cl2N3O2/c1-16-5-3-15(4-6-17-2)9-8(11)7-13-10(12)14-9/h7H,3-6H2,1-2H3. The number of methoxy groups -OCH3 is 2. The maximum Gasteiger partial charge on any atom is 0.224 e. The Bertz CT molecular complexity index is 344. The van der Waals surface area contributed by atoms with Gasteiger partial charge >= 0.3 is 0 Å². The van der Waals surface area contributed by atoms with E-state index in [1.54, 1.807) is 14.2 Å². The lowest BCUT2D eigenvalue weighted by atomic mass is 10.4. The molecular formula is C10H15Cl2N3O2. The molecule has 7 heteroatoms. The van der Waals surface area contributed by atoms with Gasteiger partial charge in [0.1, 0.15) is 5.02 Å². The average molecular weight is 280 g/mol. The number of nitrogens with zero attached hydrogens (tertiary/aromatic N) is 3. The van der Waals surface area contributed by atoms with Crippen LogP contribution in [0.5, 0.6) is 0 Å².